The normalized spacial score (nSPS) is 10.8. The van der Waals surface area contributed by atoms with Gasteiger partial charge in [-0.1, -0.05) is 30.3 Å². The Labute approximate surface area is 157 Å². The third kappa shape index (κ3) is 3.10. The topological polar surface area (TPSA) is 81.0 Å². The number of anilines is 2. The molecule has 0 radical (unpaired) electrons. The number of halogens is 1. The molecule has 26 heavy (non-hydrogen) atoms. The number of non-ortho nitro benzene ring substituents is 1. The lowest BCUT2D eigenvalue weighted by Crippen LogP contribution is -1.96. The number of nitro benzene ring substituents is 1. The molecule has 0 saturated carbocycles. The molecule has 0 aliphatic carbocycles. The van der Waals surface area contributed by atoms with Crippen molar-refractivity contribution in [2.45, 2.75) is 0 Å². The van der Waals surface area contributed by atoms with Gasteiger partial charge < -0.3 is 5.32 Å². The van der Waals surface area contributed by atoms with Crippen LogP contribution in [0, 0.1) is 10.1 Å². The van der Waals surface area contributed by atoms with E-state index in [2.05, 4.69) is 15.3 Å². The Morgan fingerprint density at radius 1 is 1.08 bits per heavy atom. The maximum absolute atomic E-state index is 11.1. The van der Waals surface area contributed by atoms with E-state index in [1.165, 1.54) is 17.4 Å². The summed E-state index contributed by atoms with van der Waals surface area (Å²) < 4.78 is 0. The second kappa shape index (κ2) is 6.70. The first-order valence-electron chi connectivity index (χ1n) is 7.63. The molecule has 0 fully saturated rings. The van der Waals surface area contributed by atoms with Crippen molar-refractivity contribution in [3.63, 3.8) is 0 Å². The van der Waals surface area contributed by atoms with E-state index in [1.807, 2.05) is 41.8 Å². The predicted octanol–water partition coefficient (Wildman–Crippen LogP) is 5.66. The number of hydrogen-bond acceptors (Lipinski definition) is 6. The van der Waals surface area contributed by atoms with Gasteiger partial charge in [0, 0.05) is 28.8 Å². The molecule has 0 bridgehead atoms. The molecule has 0 spiro atoms. The number of fused-ring (bicyclic) bond motifs is 1. The molecule has 4 rings (SSSR count). The standard InChI is InChI=1S/C18H11ClN4O2S/c19-18-21-16(20-12-6-2-1-3-7-12)15-14(10-26-17(15)22-18)11-5-4-8-13(9-11)23(24)25/h1-10H,(H,20,21,22). The highest BCUT2D eigenvalue weighted by molar-refractivity contribution is 7.17. The zero-order valence-corrected chi connectivity index (χ0v) is 14.8. The minimum Gasteiger partial charge on any atom is -0.340 e. The van der Waals surface area contributed by atoms with Crippen LogP contribution < -0.4 is 5.32 Å². The fourth-order valence-corrected chi connectivity index (χ4v) is 3.83. The molecule has 0 amide bonds. The van der Waals surface area contributed by atoms with Crippen LogP contribution in [0.2, 0.25) is 5.28 Å². The fourth-order valence-electron chi connectivity index (χ4n) is 2.66. The lowest BCUT2D eigenvalue weighted by atomic mass is 10.1. The first kappa shape index (κ1) is 16.4. The molecule has 2 aromatic heterocycles. The van der Waals surface area contributed by atoms with Crippen molar-refractivity contribution >= 4 is 50.3 Å². The summed E-state index contributed by atoms with van der Waals surface area (Å²) in [6.45, 7) is 0. The van der Waals surface area contributed by atoms with E-state index < -0.39 is 4.92 Å². The largest absolute Gasteiger partial charge is 0.340 e. The minimum absolute atomic E-state index is 0.0364. The summed E-state index contributed by atoms with van der Waals surface area (Å²) in [4.78, 5) is 20.0. The molecule has 6 nitrogen and oxygen atoms in total. The molecule has 0 aliphatic rings. The van der Waals surface area contributed by atoms with Crippen LogP contribution in [0.1, 0.15) is 0 Å². The van der Waals surface area contributed by atoms with E-state index in [4.69, 9.17) is 11.6 Å². The first-order valence-corrected chi connectivity index (χ1v) is 8.89. The Hall–Kier alpha value is -3.03. The average Bonchev–Trinajstić information content (AvgIpc) is 3.06. The van der Waals surface area contributed by atoms with E-state index in [0.29, 0.717) is 10.6 Å². The van der Waals surface area contributed by atoms with Gasteiger partial charge in [-0.15, -0.1) is 11.3 Å². The highest BCUT2D eigenvalue weighted by Gasteiger charge is 2.17. The summed E-state index contributed by atoms with van der Waals surface area (Å²) in [7, 11) is 0. The van der Waals surface area contributed by atoms with Crippen molar-refractivity contribution in [2.75, 3.05) is 5.32 Å². The number of para-hydroxylation sites is 1. The van der Waals surface area contributed by atoms with Crippen molar-refractivity contribution in [2.24, 2.45) is 0 Å². The highest BCUT2D eigenvalue weighted by atomic mass is 35.5. The summed E-state index contributed by atoms with van der Waals surface area (Å²) in [5.41, 5.74) is 2.45. The summed E-state index contributed by atoms with van der Waals surface area (Å²) in [6, 6.07) is 16.1. The molecule has 0 aliphatic heterocycles. The van der Waals surface area contributed by atoms with Gasteiger partial charge >= 0.3 is 0 Å². The molecule has 1 N–H and O–H groups in total. The molecule has 0 atom stereocenters. The van der Waals surface area contributed by atoms with Gasteiger partial charge in [0.15, 0.2) is 0 Å². The maximum atomic E-state index is 11.1. The van der Waals surface area contributed by atoms with Crippen LogP contribution in [0.5, 0.6) is 0 Å². The van der Waals surface area contributed by atoms with E-state index in [0.717, 1.165) is 22.2 Å². The zero-order valence-electron chi connectivity index (χ0n) is 13.2. The third-order valence-electron chi connectivity index (χ3n) is 3.81. The fraction of sp³-hybridized carbons (Fsp3) is 0. The first-order chi connectivity index (χ1) is 12.6. The van der Waals surface area contributed by atoms with Gasteiger partial charge in [0.2, 0.25) is 5.28 Å². The van der Waals surface area contributed by atoms with Crippen LogP contribution in [0.15, 0.2) is 60.0 Å². The van der Waals surface area contributed by atoms with E-state index in [9.17, 15) is 10.1 Å². The number of nitro groups is 1. The van der Waals surface area contributed by atoms with Crippen LogP contribution in [0.4, 0.5) is 17.2 Å². The zero-order chi connectivity index (χ0) is 18.1. The maximum Gasteiger partial charge on any atom is 0.270 e. The van der Waals surface area contributed by atoms with E-state index >= 15 is 0 Å². The number of thiophene rings is 1. The second-order valence-corrected chi connectivity index (χ2v) is 6.67. The Morgan fingerprint density at radius 2 is 1.88 bits per heavy atom. The van der Waals surface area contributed by atoms with Gasteiger partial charge in [0.1, 0.15) is 10.6 Å². The van der Waals surface area contributed by atoms with Gasteiger partial charge in [-0.25, -0.2) is 4.98 Å². The summed E-state index contributed by atoms with van der Waals surface area (Å²) in [6.07, 6.45) is 0. The molecule has 8 heteroatoms. The predicted molar refractivity (Wildman–Crippen MR) is 104 cm³/mol. The molecule has 4 aromatic rings. The SMILES string of the molecule is O=[N+]([O-])c1cccc(-c2csc3nc(Cl)nc(Nc4ccccc4)c23)c1. The Morgan fingerprint density at radius 3 is 2.65 bits per heavy atom. The van der Waals surface area contributed by atoms with Crippen molar-refractivity contribution in [1.82, 2.24) is 9.97 Å². The Kier molecular flexibility index (Phi) is 4.24. The van der Waals surface area contributed by atoms with Gasteiger partial charge in [-0.2, -0.15) is 4.98 Å². The minimum atomic E-state index is -0.408. The molecule has 2 aromatic carbocycles. The van der Waals surface area contributed by atoms with Crippen LogP contribution in [-0.4, -0.2) is 14.9 Å². The highest BCUT2D eigenvalue weighted by Crippen LogP contribution is 2.39. The number of nitrogens with one attached hydrogen (secondary N) is 1. The van der Waals surface area contributed by atoms with Gasteiger partial charge in [-0.3, -0.25) is 10.1 Å². The number of hydrogen-bond donors (Lipinski definition) is 1. The van der Waals surface area contributed by atoms with Gasteiger partial charge in [0.05, 0.1) is 10.3 Å². The van der Waals surface area contributed by atoms with Crippen molar-refractivity contribution in [1.29, 1.82) is 0 Å². The van der Waals surface area contributed by atoms with Gasteiger partial charge in [-0.05, 0) is 29.3 Å². The molecular formula is C18H11ClN4O2S. The smallest absolute Gasteiger partial charge is 0.270 e. The molecule has 2 heterocycles. The number of aromatic nitrogens is 2. The monoisotopic (exact) mass is 382 g/mol. The number of rotatable bonds is 4. The average molecular weight is 383 g/mol. The molecule has 128 valence electrons. The van der Waals surface area contributed by atoms with Crippen LogP contribution >= 0.6 is 22.9 Å². The summed E-state index contributed by atoms with van der Waals surface area (Å²) in [5, 5.41) is 17.2. The summed E-state index contributed by atoms with van der Waals surface area (Å²) >= 11 is 7.48. The van der Waals surface area contributed by atoms with Crippen LogP contribution in [0.3, 0.4) is 0 Å². The van der Waals surface area contributed by atoms with Gasteiger partial charge in [0.25, 0.3) is 5.69 Å². The summed E-state index contributed by atoms with van der Waals surface area (Å²) in [5.74, 6) is 0.564. The molecule has 0 unspecified atom stereocenters. The molecule has 0 saturated heterocycles. The van der Waals surface area contributed by atoms with Crippen LogP contribution in [-0.2, 0) is 0 Å². The molecular weight excluding hydrogens is 372 g/mol. The lowest BCUT2D eigenvalue weighted by molar-refractivity contribution is -0.384. The van der Waals surface area contributed by atoms with Crippen LogP contribution in [0.25, 0.3) is 21.3 Å². The van der Waals surface area contributed by atoms with Crippen molar-refractivity contribution in [3.8, 4) is 11.1 Å². The van der Waals surface area contributed by atoms with E-state index in [-0.39, 0.29) is 11.0 Å². The second-order valence-electron chi connectivity index (χ2n) is 5.47. The van der Waals surface area contributed by atoms with Crippen molar-refractivity contribution < 1.29 is 4.92 Å². The third-order valence-corrected chi connectivity index (χ3v) is 4.85. The lowest BCUT2D eigenvalue weighted by Gasteiger charge is -2.09. The quantitative estimate of drug-likeness (QED) is 0.279. The van der Waals surface area contributed by atoms with E-state index in [1.54, 1.807) is 12.1 Å². The number of benzene rings is 2. The Bertz CT molecular complexity index is 1110. The number of nitrogens with zero attached hydrogens (tertiary/aromatic N) is 3. The van der Waals surface area contributed by atoms with Crippen molar-refractivity contribution in [3.05, 3.63) is 75.4 Å². The Balaban J connectivity index is 1.89.